The summed E-state index contributed by atoms with van der Waals surface area (Å²) in [5, 5.41) is 3.35. The van der Waals surface area contributed by atoms with Gasteiger partial charge in [0.05, 0.1) is 0 Å². The van der Waals surface area contributed by atoms with Crippen LogP contribution in [0.5, 0.6) is 11.5 Å². The Morgan fingerprint density at radius 1 is 1.00 bits per heavy atom. The molecule has 2 aliphatic rings. The lowest BCUT2D eigenvalue weighted by atomic mass is 10.2. The normalized spacial score (nSPS) is 14.4. The SMILES string of the molecule is Cc1cc(Nc2ccc3c(c2)OCO3)nc(N2CCc3ccccc32)n1. The molecule has 0 spiro atoms. The summed E-state index contributed by atoms with van der Waals surface area (Å²) in [7, 11) is 0. The lowest BCUT2D eigenvalue weighted by Gasteiger charge is -2.18. The van der Waals surface area contributed by atoms with Crippen LogP contribution in [-0.4, -0.2) is 23.3 Å². The molecule has 1 N–H and O–H groups in total. The van der Waals surface area contributed by atoms with Crippen molar-refractivity contribution in [2.24, 2.45) is 0 Å². The van der Waals surface area contributed by atoms with Gasteiger partial charge in [-0.25, -0.2) is 4.98 Å². The first-order chi connectivity index (χ1) is 12.8. The second-order valence-electron chi connectivity index (χ2n) is 6.42. The number of ether oxygens (including phenoxy) is 2. The number of aryl methyl sites for hydroxylation is 1. The van der Waals surface area contributed by atoms with Crippen molar-refractivity contribution in [1.82, 2.24) is 9.97 Å². The van der Waals surface area contributed by atoms with E-state index in [1.807, 2.05) is 31.2 Å². The van der Waals surface area contributed by atoms with Gasteiger partial charge >= 0.3 is 0 Å². The predicted octanol–water partition coefficient (Wildman–Crippen LogP) is 3.95. The van der Waals surface area contributed by atoms with E-state index in [4.69, 9.17) is 14.5 Å². The number of para-hydroxylation sites is 1. The molecule has 0 saturated carbocycles. The van der Waals surface area contributed by atoms with E-state index in [0.29, 0.717) is 0 Å². The molecule has 1 aromatic heterocycles. The molecule has 2 aliphatic heterocycles. The zero-order valence-electron chi connectivity index (χ0n) is 14.4. The highest BCUT2D eigenvalue weighted by atomic mass is 16.7. The number of nitrogens with one attached hydrogen (secondary N) is 1. The Bertz CT molecular complexity index is 989. The van der Waals surface area contributed by atoms with Crippen LogP contribution in [0.2, 0.25) is 0 Å². The van der Waals surface area contributed by atoms with Crippen LogP contribution in [-0.2, 0) is 6.42 Å². The Kier molecular flexibility index (Phi) is 3.41. The average molecular weight is 346 g/mol. The highest BCUT2D eigenvalue weighted by molar-refractivity contribution is 5.68. The highest BCUT2D eigenvalue weighted by Gasteiger charge is 2.22. The Labute approximate surface area is 151 Å². The summed E-state index contributed by atoms with van der Waals surface area (Å²) < 4.78 is 10.8. The third-order valence-electron chi connectivity index (χ3n) is 4.62. The number of benzene rings is 2. The Balaban J connectivity index is 1.46. The van der Waals surface area contributed by atoms with Crippen molar-refractivity contribution in [3.05, 3.63) is 59.8 Å². The minimum atomic E-state index is 0.268. The first-order valence-corrected chi connectivity index (χ1v) is 8.64. The summed E-state index contributed by atoms with van der Waals surface area (Å²) in [6.45, 7) is 3.15. The van der Waals surface area contributed by atoms with Crippen molar-refractivity contribution in [3.8, 4) is 11.5 Å². The van der Waals surface area contributed by atoms with Gasteiger partial charge in [0.1, 0.15) is 5.82 Å². The van der Waals surface area contributed by atoms with Gasteiger partial charge in [-0.15, -0.1) is 0 Å². The second-order valence-corrected chi connectivity index (χ2v) is 6.42. The van der Waals surface area contributed by atoms with Crippen LogP contribution < -0.4 is 19.7 Å². The number of fused-ring (bicyclic) bond motifs is 2. The van der Waals surface area contributed by atoms with Crippen molar-refractivity contribution >= 4 is 23.1 Å². The molecule has 0 aliphatic carbocycles. The van der Waals surface area contributed by atoms with Crippen molar-refractivity contribution in [2.45, 2.75) is 13.3 Å². The molecule has 130 valence electrons. The molecule has 0 amide bonds. The number of nitrogens with zero attached hydrogens (tertiary/aromatic N) is 3. The second kappa shape index (κ2) is 5.91. The maximum atomic E-state index is 5.44. The molecule has 5 rings (SSSR count). The summed E-state index contributed by atoms with van der Waals surface area (Å²) in [5.74, 6) is 2.99. The summed E-state index contributed by atoms with van der Waals surface area (Å²) in [4.78, 5) is 11.6. The molecule has 6 heteroatoms. The number of rotatable bonds is 3. The van der Waals surface area contributed by atoms with Crippen molar-refractivity contribution in [2.75, 3.05) is 23.6 Å². The van der Waals surface area contributed by atoms with E-state index in [1.165, 1.54) is 11.3 Å². The number of aromatic nitrogens is 2. The summed E-state index contributed by atoms with van der Waals surface area (Å²) in [6, 6.07) is 16.1. The van der Waals surface area contributed by atoms with E-state index in [-0.39, 0.29) is 6.79 Å². The minimum Gasteiger partial charge on any atom is -0.454 e. The molecule has 3 aromatic rings. The minimum absolute atomic E-state index is 0.268. The predicted molar refractivity (Wildman–Crippen MR) is 99.8 cm³/mol. The highest BCUT2D eigenvalue weighted by Crippen LogP contribution is 2.36. The maximum Gasteiger partial charge on any atom is 0.232 e. The van der Waals surface area contributed by atoms with Crippen LogP contribution in [0.3, 0.4) is 0 Å². The largest absolute Gasteiger partial charge is 0.454 e. The lowest BCUT2D eigenvalue weighted by Crippen LogP contribution is -2.17. The van der Waals surface area contributed by atoms with Crippen molar-refractivity contribution < 1.29 is 9.47 Å². The third kappa shape index (κ3) is 2.60. The molecule has 3 heterocycles. The van der Waals surface area contributed by atoms with Crippen LogP contribution in [0.15, 0.2) is 48.5 Å². The summed E-state index contributed by atoms with van der Waals surface area (Å²) >= 11 is 0. The van der Waals surface area contributed by atoms with E-state index in [9.17, 15) is 0 Å². The van der Waals surface area contributed by atoms with E-state index in [2.05, 4.69) is 39.5 Å². The number of hydrogen-bond donors (Lipinski definition) is 1. The van der Waals surface area contributed by atoms with Gasteiger partial charge in [-0.3, -0.25) is 0 Å². The van der Waals surface area contributed by atoms with Crippen molar-refractivity contribution in [3.63, 3.8) is 0 Å². The number of hydrogen-bond acceptors (Lipinski definition) is 6. The van der Waals surface area contributed by atoms with Gasteiger partial charge in [0.2, 0.25) is 12.7 Å². The molecule has 0 atom stereocenters. The molecule has 0 unspecified atom stereocenters. The lowest BCUT2D eigenvalue weighted by molar-refractivity contribution is 0.174. The first-order valence-electron chi connectivity index (χ1n) is 8.64. The van der Waals surface area contributed by atoms with Crippen LogP contribution in [0.4, 0.5) is 23.1 Å². The smallest absolute Gasteiger partial charge is 0.232 e. The van der Waals surface area contributed by atoms with E-state index >= 15 is 0 Å². The molecule has 0 bridgehead atoms. The van der Waals surface area contributed by atoms with Crippen LogP contribution in [0.25, 0.3) is 0 Å². The van der Waals surface area contributed by atoms with Gasteiger partial charge in [-0.1, -0.05) is 18.2 Å². The van der Waals surface area contributed by atoms with Crippen LogP contribution >= 0.6 is 0 Å². The van der Waals surface area contributed by atoms with Gasteiger partial charge in [0.25, 0.3) is 0 Å². The fourth-order valence-electron chi connectivity index (χ4n) is 3.41. The summed E-state index contributed by atoms with van der Waals surface area (Å²) in [5.41, 5.74) is 4.35. The molecule has 0 radical (unpaired) electrons. The van der Waals surface area contributed by atoms with Gasteiger partial charge in [0, 0.05) is 35.7 Å². The topological polar surface area (TPSA) is 59.5 Å². The fourth-order valence-corrected chi connectivity index (χ4v) is 3.41. The summed E-state index contributed by atoms with van der Waals surface area (Å²) in [6.07, 6.45) is 1.01. The zero-order valence-corrected chi connectivity index (χ0v) is 14.4. The fraction of sp³-hybridized carbons (Fsp3) is 0.200. The monoisotopic (exact) mass is 346 g/mol. The number of anilines is 4. The zero-order chi connectivity index (χ0) is 17.5. The Morgan fingerprint density at radius 3 is 2.85 bits per heavy atom. The van der Waals surface area contributed by atoms with E-state index in [1.54, 1.807) is 0 Å². The van der Waals surface area contributed by atoms with Gasteiger partial charge in [-0.05, 0) is 37.1 Å². The van der Waals surface area contributed by atoms with Crippen LogP contribution in [0.1, 0.15) is 11.3 Å². The molecule has 2 aromatic carbocycles. The first kappa shape index (κ1) is 15.0. The quantitative estimate of drug-likeness (QED) is 0.775. The van der Waals surface area contributed by atoms with Gasteiger partial charge in [-0.2, -0.15) is 4.98 Å². The van der Waals surface area contributed by atoms with E-state index < -0.39 is 0 Å². The Hall–Kier alpha value is -3.28. The van der Waals surface area contributed by atoms with Crippen molar-refractivity contribution in [1.29, 1.82) is 0 Å². The van der Waals surface area contributed by atoms with E-state index in [0.717, 1.165) is 47.6 Å². The standard InChI is InChI=1S/C20H18N4O2/c1-13-10-19(22-15-6-7-17-18(11-15)26-12-25-17)23-20(21-13)24-9-8-14-4-2-3-5-16(14)24/h2-7,10-11H,8-9,12H2,1H3,(H,21,22,23). The molecule has 26 heavy (non-hydrogen) atoms. The maximum absolute atomic E-state index is 5.44. The molecular formula is C20H18N4O2. The van der Waals surface area contributed by atoms with Crippen LogP contribution in [0, 0.1) is 6.92 Å². The molecule has 0 saturated heterocycles. The average Bonchev–Trinajstić information content (AvgIpc) is 3.27. The van der Waals surface area contributed by atoms with Gasteiger partial charge < -0.3 is 19.7 Å². The molecule has 6 nitrogen and oxygen atoms in total. The third-order valence-corrected chi connectivity index (χ3v) is 4.62. The van der Waals surface area contributed by atoms with Gasteiger partial charge in [0.15, 0.2) is 11.5 Å². The Morgan fingerprint density at radius 2 is 1.88 bits per heavy atom. The molecule has 0 fully saturated rings. The molecular weight excluding hydrogens is 328 g/mol.